The van der Waals surface area contributed by atoms with Crippen LogP contribution in [0.2, 0.25) is 0 Å². The summed E-state index contributed by atoms with van der Waals surface area (Å²) in [6, 6.07) is 0. The normalized spacial score (nSPS) is 9.30. The van der Waals surface area contributed by atoms with E-state index in [-0.39, 0.29) is 11.6 Å². The van der Waals surface area contributed by atoms with E-state index >= 15 is 0 Å². The van der Waals surface area contributed by atoms with Crippen LogP contribution in [0.5, 0.6) is 0 Å². The summed E-state index contributed by atoms with van der Waals surface area (Å²) < 4.78 is 1.30. The van der Waals surface area contributed by atoms with Crippen molar-refractivity contribution in [2.75, 3.05) is 0 Å². The summed E-state index contributed by atoms with van der Waals surface area (Å²) in [5, 5.41) is 10.2. The molecule has 0 saturated carbocycles. The second-order valence-corrected chi connectivity index (χ2v) is 1.69. The molecule has 0 atom stereocenters. The van der Waals surface area contributed by atoms with Crippen LogP contribution < -0.4 is 0 Å². The van der Waals surface area contributed by atoms with Gasteiger partial charge in [0.2, 0.25) is 11.6 Å². The van der Waals surface area contributed by atoms with Gasteiger partial charge in [-0.3, -0.25) is 4.79 Å². The van der Waals surface area contributed by atoms with Gasteiger partial charge in [0, 0.05) is 7.05 Å². The topological polar surface area (TPSA) is 60.7 Å². The number of ketones is 1. The van der Waals surface area contributed by atoms with Crippen molar-refractivity contribution in [3.8, 4) is 0 Å². The van der Waals surface area contributed by atoms with E-state index in [1.165, 1.54) is 10.8 Å². The zero-order valence-electron chi connectivity index (χ0n) is 5.48. The summed E-state index contributed by atoms with van der Waals surface area (Å²) >= 11 is 0. The fourth-order valence-electron chi connectivity index (χ4n) is 0.529. The van der Waals surface area contributed by atoms with Crippen molar-refractivity contribution in [1.82, 2.24) is 20.2 Å². The number of nitrogens with zero attached hydrogens (tertiary/aromatic N) is 4. The molecule has 0 aliphatic heterocycles. The number of hydrogen-bond acceptors (Lipinski definition) is 4. The Bertz CT molecular complexity index is 264. The molecule has 0 amide bonds. The van der Waals surface area contributed by atoms with Gasteiger partial charge in [-0.25, -0.2) is 4.68 Å². The highest BCUT2D eigenvalue weighted by molar-refractivity contribution is 6.01. The number of rotatable bonds is 2. The van der Waals surface area contributed by atoms with Gasteiger partial charge in [-0.1, -0.05) is 6.58 Å². The smallest absolute Gasteiger partial charge is 0.224 e. The first kappa shape index (κ1) is 6.60. The summed E-state index contributed by atoms with van der Waals surface area (Å²) in [7, 11) is 1.59. The molecule has 1 heterocycles. The SMILES string of the molecule is C=CC(=O)c1nnnn1C. The lowest BCUT2D eigenvalue weighted by Crippen LogP contribution is -2.04. The molecular formula is C5H6N4O. The first-order valence-electron chi connectivity index (χ1n) is 2.65. The number of hydrogen-bond donors (Lipinski definition) is 0. The lowest BCUT2D eigenvalue weighted by Gasteiger charge is -1.88. The predicted molar refractivity (Wildman–Crippen MR) is 33.3 cm³/mol. The lowest BCUT2D eigenvalue weighted by molar-refractivity contribution is 0.103. The molecule has 0 aromatic carbocycles. The van der Waals surface area contributed by atoms with E-state index in [1.807, 2.05) is 0 Å². The minimum absolute atomic E-state index is 0.204. The van der Waals surface area contributed by atoms with Gasteiger partial charge in [-0.05, 0) is 16.5 Å². The first-order chi connectivity index (χ1) is 4.75. The van der Waals surface area contributed by atoms with Gasteiger partial charge in [0.05, 0.1) is 0 Å². The molecule has 1 aromatic heterocycles. The van der Waals surface area contributed by atoms with E-state index in [0.717, 1.165) is 0 Å². The molecule has 0 bridgehead atoms. The van der Waals surface area contributed by atoms with Crippen molar-refractivity contribution in [2.24, 2.45) is 7.05 Å². The third-order valence-electron chi connectivity index (χ3n) is 1.03. The van der Waals surface area contributed by atoms with E-state index in [4.69, 9.17) is 0 Å². The van der Waals surface area contributed by atoms with Crippen LogP contribution in [0.3, 0.4) is 0 Å². The molecule has 5 nitrogen and oxygen atoms in total. The van der Waals surface area contributed by atoms with Crippen molar-refractivity contribution >= 4 is 5.78 Å². The predicted octanol–water partition coefficient (Wildman–Crippen LogP) is -0.421. The Morgan fingerprint density at radius 1 is 1.80 bits per heavy atom. The molecule has 0 unspecified atom stereocenters. The van der Waals surface area contributed by atoms with Crippen molar-refractivity contribution < 1.29 is 4.79 Å². The fraction of sp³-hybridized carbons (Fsp3) is 0.200. The molecule has 1 aromatic rings. The van der Waals surface area contributed by atoms with E-state index in [9.17, 15) is 4.79 Å². The Hall–Kier alpha value is -1.52. The Balaban J connectivity index is 3.04. The third-order valence-corrected chi connectivity index (χ3v) is 1.03. The number of allylic oxidation sites excluding steroid dienone is 1. The summed E-state index contributed by atoms with van der Waals surface area (Å²) in [5.74, 6) is -0.0671. The van der Waals surface area contributed by atoms with Crippen LogP contribution in [0.4, 0.5) is 0 Å². The van der Waals surface area contributed by atoms with Crippen LogP contribution in [0.15, 0.2) is 12.7 Å². The van der Waals surface area contributed by atoms with Gasteiger partial charge >= 0.3 is 0 Å². The molecular weight excluding hydrogens is 132 g/mol. The van der Waals surface area contributed by atoms with Crippen molar-refractivity contribution in [3.05, 3.63) is 18.5 Å². The molecule has 1 rings (SSSR count). The van der Waals surface area contributed by atoms with E-state index in [2.05, 4.69) is 22.1 Å². The highest BCUT2D eigenvalue weighted by Crippen LogP contribution is 1.89. The maximum absolute atomic E-state index is 10.8. The molecule has 52 valence electrons. The quantitative estimate of drug-likeness (QED) is 0.411. The Morgan fingerprint density at radius 2 is 2.50 bits per heavy atom. The third kappa shape index (κ3) is 0.928. The average molecular weight is 138 g/mol. The summed E-state index contributed by atoms with van der Waals surface area (Å²) in [6.07, 6.45) is 1.17. The second-order valence-electron chi connectivity index (χ2n) is 1.69. The van der Waals surface area contributed by atoms with Gasteiger partial charge in [0.15, 0.2) is 0 Å². The number of carbonyl (C=O) groups is 1. The minimum atomic E-state index is -0.271. The first-order valence-corrected chi connectivity index (χ1v) is 2.65. The van der Waals surface area contributed by atoms with Crippen molar-refractivity contribution in [3.63, 3.8) is 0 Å². The van der Waals surface area contributed by atoms with E-state index in [1.54, 1.807) is 7.05 Å². The fourth-order valence-corrected chi connectivity index (χ4v) is 0.529. The van der Waals surface area contributed by atoms with Crippen LogP contribution in [0.25, 0.3) is 0 Å². The number of carbonyl (C=O) groups excluding carboxylic acids is 1. The molecule has 0 aliphatic rings. The van der Waals surface area contributed by atoms with Crippen LogP contribution in [0, 0.1) is 0 Å². The number of aromatic nitrogens is 4. The van der Waals surface area contributed by atoms with Gasteiger partial charge in [0.1, 0.15) is 0 Å². The molecule has 10 heavy (non-hydrogen) atoms. The number of tetrazole rings is 1. The molecule has 0 N–H and O–H groups in total. The summed E-state index contributed by atoms with van der Waals surface area (Å²) in [4.78, 5) is 10.8. The van der Waals surface area contributed by atoms with E-state index < -0.39 is 0 Å². The molecule has 0 saturated heterocycles. The van der Waals surface area contributed by atoms with Crippen molar-refractivity contribution in [1.29, 1.82) is 0 Å². The zero-order valence-corrected chi connectivity index (χ0v) is 5.48. The van der Waals surface area contributed by atoms with Crippen LogP contribution in [-0.2, 0) is 7.05 Å². The van der Waals surface area contributed by atoms with Crippen LogP contribution >= 0.6 is 0 Å². The molecule has 5 heteroatoms. The van der Waals surface area contributed by atoms with Gasteiger partial charge in [-0.15, -0.1) is 5.10 Å². The summed E-state index contributed by atoms with van der Waals surface area (Å²) in [5.41, 5.74) is 0. The highest BCUT2D eigenvalue weighted by Gasteiger charge is 2.07. The summed E-state index contributed by atoms with van der Waals surface area (Å²) in [6.45, 7) is 3.30. The van der Waals surface area contributed by atoms with Crippen LogP contribution in [-0.4, -0.2) is 26.0 Å². The maximum atomic E-state index is 10.8. The largest absolute Gasteiger partial charge is 0.286 e. The Labute approximate surface area is 57.3 Å². The Morgan fingerprint density at radius 3 is 2.90 bits per heavy atom. The maximum Gasteiger partial charge on any atom is 0.224 e. The Kier molecular flexibility index (Phi) is 1.57. The molecule has 0 radical (unpaired) electrons. The molecule has 0 aliphatic carbocycles. The van der Waals surface area contributed by atoms with Gasteiger partial charge in [-0.2, -0.15) is 0 Å². The molecule has 0 fully saturated rings. The van der Waals surface area contributed by atoms with Gasteiger partial charge < -0.3 is 0 Å². The van der Waals surface area contributed by atoms with E-state index in [0.29, 0.717) is 0 Å². The highest BCUT2D eigenvalue weighted by atomic mass is 16.1. The zero-order chi connectivity index (χ0) is 7.56. The number of aryl methyl sites for hydroxylation is 1. The van der Waals surface area contributed by atoms with Crippen LogP contribution in [0.1, 0.15) is 10.6 Å². The average Bonchev–Trinajstić information content (AvgIpc) is 2.34. The van der Waals surface area contributed by atoms with Gasteiger partial charge in [0.25, 0.3) is 0 Å². The monoisotopic (exact) mass is 138 g/mol. The standard InChI is InChI=1S/C5H6N4O/c1-3-4(10)5-6-7-8-9(5)2/h3H,1H2,2H3. The minimum Gasteiger partial charge on any atom is -0.286 e. The molecule has 0 spiro atoms. The van der Waals surface area contributed by atoms with Crippen molar-refractivity contribution in [2.45, 2.75) is 0 Å². The second kappa shape index (κ2) is 2.38. The lowest BCUT2D eigenvalue weighted by atomic mass is 10.4.